The van der Waals surface area contributed by atoms with Crippen LogP contribution < -0.4 is 0 Å². The van der Waals surface area contributed by atoms with Crippen LogP contribution in [0.5, 0.6) is 0 Å². The number of piperidine rings is 1. The Morgan fingerprint density at radius 2 is 2.14 bits per heavy atom. The van der Waals surface area contributed by atoms with E-state index in [1.54, 1.807) is 37.8 Å². The van der Waals surface area contributed by atoms with Crippen molar-refractivity contribution < 1.29 is 19.0 Å². The Morgan fingerprint density at radius 3 is 2.73 bits per heavy atom. The minimum Gasteiger partial charge on any atom is -0.444 e. The van der Waals surface area contributed by atoms with E-state index in [2.05, 4.69) is 15.9 Å². The van der Waals surface area contributed by atoms with Crippen LogP contribution in [0.3, 0.4) is 0 Å². The van der Waals surface area contributed by atoms with Crippen LogP contribution >= 0.6 is 15.9 Å². The Kier molecular flexibility index (Phi) is 5.12. The molecule has 6 heteroatoms. The second kappa shape index (κ2) is 6.54. The molecule has 1 fully saturated rings. The zero-order chi connectivity index (χ0) is 16.5. The number of halogens is 2. The average Bonchev–Trinajstić information content (AvgIpc) is 2.39. The lowest BCUT2D eigenvalue weighted by molar-refractivity contribution is -0.00848. The van der Waals surface area contributed by atoms with Gasteiger partial charge in [0.25, 0.3) is 0 Å². The normalized spacial score (nSPS) is 22.5. The summed E-state index contributed by atoms with van der Waals surface area (Å²) >= 11 is 3.12. The Labute approximate surface area is 138 Å². The van der Waals surface area contributed by atoms with Crippen molar-refractivity contribution in [2.75, 3.05) is 6.54 Å². The molecule has 1 aromatic rings. The predicted octanol–water partition coefficient (Wildman–Crippen LogP) is 4.02. The van der Waals surface area contributed by atoms with Gasteiger partial charge in [0.15, 0.2) is 0 Å². The highest BCUT2D eigenvalue weighted by molar-refractivity contribution is 9.10. The van der Waals surface area contributed by atoms with E-state index < -0.39 is 17.8 Å². The summed E-state index contributed by atoms with van der Waals surface area (Å²) in [7, 11) is 0. The van der Waals surface area contributed by atoms with Crippen LogP contribution in [0.1, 0.15) is 45.2 Å². The maximum atomic E-state index is 13.8. The fourth-order valence-electron chi connectivity index (χ4n) is 2.52. The number of carbonyl (C=O) groups excluding carboxylic acids is 1. The third-order valence-electron chi connectivity index (χ3n) is 3.53. The number of carbonyl (C=O) groups is 1. The summed E-state index contributed by atoms with van der Waals surface area (Å²) in [6.07, 6.45) is -0.0714. The first-order valence-electron chi connectivity index (χ1n) is 7.30. The SMILES string of the molecule is CC(C)(C)OC(=O)N1CCC(O)CC1c1ccc(Br)c(F)c1. The van der Waals surface area contributed by atoms with Gasteiger partial charge in [-0.05, 0) is 67.2 Å². The Balaban J connectivity index is 2.26. The fourth-order valence-corrected chi connectivity index (χ4v) is 2.77. The van der Waals surface area contributed by atoms with Gasteiger partial charge in [0, 0.05) is 6.54 Å². The summed E-state index contributed by atoms with van der Waals surface area (Å²) in [5, 5.41) is 9.92. The molecule has 2 rings (SSSR count). The Bertz CT molecular complexity index is 559. The molecule has 1 amide bonds. The van der Waals surface area contributed by atoms with Crippen molar-refractivity contribution in [3.05, 3.63) is 34.1 Å². The van der Waals surface area contributed by atoms with E-state index in [1.807, 2.05) is 0 Å². The van der Waals surface area contributed by atoms with Crippen LogP contribution in [0, 0.1) is 5.82 Å². The first-order valence-corrected chi connectivity index (χ1v) is 8.09. The van der Waals surface area contributed by atoms with Gasteiger partial charge in [-0.3, -0.25) is 0 Å². The molecule has 0 aliphatic carbocycles. The van der Waals surface area contributed by atoms with Crippen molar-refractivity contribution >= 4 is 22.0 Å². The molecule has 1 aliphatic rings. The molecular formula is C16H21BrFNO3. The van der Waals surface area contributed by atoms with Gasteiger partial charge < -0.3 is 14.7 Å². The molecule has 2 unspecified atom stereocenters. The summed E-state index contributed by atoms with van der Waals surface area (Å²) in [5.41, 5.74) is 0.0631. The molecule has 1 N–H and O–H groups in total. The number of likely N-dealkylation sites (tertiary alicyclic amines) is 1. The van der Waals surface area contributed by atoms with Crippen LogP contribution in [-0.2, 0) is 4.74 Å². The maximum absolute atomic E-state index is 13.8. The molecule has 1 aromatic carbocycles. The largest absolute Gasteiger partial charge is 0.444 e. The number of benzene rings is 1. The van der Waals surface area contributed by atoms with Crippen LogP contribution in [-0.4, -0.2) is 34.3 Å². The van der Waals surface area contributed by atoms with Gasteiger partial charge in [-0.1, -0.05) is 6.07 Å². The number of rotatable bonds is 1. The second-order valence-electron chi connectivity index (χ2n) is 6.54. The molecule has 0 saturated carbocycles. The van der Waals surface area contributed by atoms with Gasteiger partial charge in [0.05, 0.1) is 16.6 Å². The average molecular weight is 374 g/mol. The zero-order valence-electron chi connectivity index (χ0n) is 13.0. The van der Waals surface area contributed by atoms with Gasteiger partial charge >= 0.3 is 6.09 Å². The summed E-state index contributed by atoms with van der Waals surface area (Å²) in [5.74, 6) is -0.387. The van der Waals surface area contributed by atoms with Crippen molar-refractivity contribution in [1.29, 1.82) is 0 Å². The van der Waals surface area contributed by atoms with Gasteiger partial charge in [-0.2, -0.15) is 0 Å². The second-order valence-corrected chi connectivity index (χ2v) is 7.40. The highest BCUT2D eigenvalue weighted by atomic mass is 79.9. The molecule has 0 radical (unpaired) electrons. The standard InChI is InChI=1S/C16H21BrFNO3/c1-16(2,3)22-15(21)19-7-6-11(20)9-14(19)10-4-5-12(17)13(18)8-10/h4-5,8,11,14,20H,6-7,9H2,1-3H3. The molecule has 22 heavy (non-hydrogen) atoms. The highest BCUT2D eigenvalue weighted by Gasteiger charge is 2.34. The first kappa shape index (κ1) is 17.2. The molecule has 4 nitrogen and oxygen atoms in total. The van der Waals surface area contributed by atoms with Crippen LogP contribution in [0.15, 0.2) is 22.7 Å². The number of ether oxygens (including phenoxy) is 1. The smallest absolute Gasteiger partial charge is 0.410 e. The summed E-state index contributed by atoms with van der Waals surface area (Å²) in [4.78, 5) is 13.9. The monoisotopic (exact) mass is 373 g/mol. The molecule has 1 saturated heterocycles. The van der Waals surface area contributed by atoms with Gasteiger partial charge in [0.2, 0.25) is 0 Å². The topological polar surface area (TPSA) is 49.8 Å². The van der Waals surface area contributed by atoms with E-state index in [4.69, 9.17) is 4.74 Å². The van der Waals surface area contributed by atoms with Gasteiger partial charge in [-0.25, -0.2) is 9.18 Å². The van der Waals surface area contributed by atoms with Crippen LogP contribution in [0.4, 0.5) is 9.18 Å². The van der Waals surface area contributed by atoms with E-state index in [1.165, 1.54) is 6.07 Å². The third kappa shape index (κ3) is 4.20. The molecule has 0 bridgehead atoms. The van der Waals surface area contributed by atoms with Crippen LogP contribution in [0.25, 0.3) is 0 Å². The zero-order valence-corrected chi connectivity index (χ0v) is 14.6. The third-order valence-corrected chi connectivity index (χ3v) is 4.17. The molecule has 0 spiro atoms. The van der Waals surface area contributed by atoms with E-state index in [0.29, 0.717) is 29.4 Å². The predicted molar refractivity (Wildman–Crippen MR) is 85.0 cm³/mol. The number of aliphatic hydroxyl groups is 1. The summed E-state index contributed by atoms with van der Waals surface area (Å²) in [6.45, 7) is 5.80. The number of amides is 1. The van der Waals surface area contributed by atoms with E-state index in [0.717, 1.165) is 0 Å². The lowest BCUT2D eigenvalue weighted by Crippen LogP contribution is -2.45. The first-order chi connectivity index (χ1) is 10.2. The number of nitrogens with zero attached hydrogens (tertiary/aromatic N) is 1. The Hall–Kier alpha value is -1.14. The molecular weight excluding hydrogens is 353 g/mol. The van der Waals surface area contributed by atoms with Gasteiger partial charge in [-0.15, -0.1) is 0 Å². The molecule has 2 atom stereocenters. The maximum Gasteiger partial charge on any atom is 0.410 e. The summed E-state index contributed by atoms with van der Waals surface area (Å²) in [6, 6.07) is 4.37. The number of aliphatic hydroxyl groups excluding tert-OH is 1. The number of hydrogen-bond acceptors (Lipinski definition) is 3. The minimum absolute atomic E-state index is 0.372. The lowest BCUT2D eigenvalue weighted by Gasteiger charge is -2.38. The van der Waals surface area contributed by atoms with Crippen molar-refractivity contribution in [3.8, 4) is 0 Å². The Morgan fingerprint density at radius 1 is 1.45 bits per heavy atom. The highest BCUT2D eigenvalue weighted by Crippen LogP contribution is 2.33. The summed E-state index contributed by atoms with van der Waals surface area (Å²) < 4.78 is 19.6. The molecule has 1 heterocycles. The van der Waals surface area contributed by atoms with Crippen molar-refractivity contribution in [1.82, 2.24) is 4.90 Å². The molecule has 1 aliphatic heterocycles. The number of hydrogen-bond donors (Lipinski definition) is 1. The lowest BCUT2D eigenvalue weighted by atomic mass is 9.93. The fraction of sp³-hybridized carbons (Fsp3) is 0.562. The van der Waals surface area contributed by atoms with E-state index in [9.17, 15) is 14.3 Å². The van der Waals surface area contributed by atoms with Crippen molar-refractivity contribution in [2.45, 2.75) is 51.4 Å². The van der Waals surface area contributed by atoms with Crippen molar-refractivity contribution in [2.24, 2.45) is 0 Å². The van der Waals surface area contributed by atoms with Crippen molar-refractivity contribution in [3.63, 3.8) is 0 Å². The van der Waals surface area contributed by atoms with E-state index >= 15 is 0 Å². The minimum atomic E-state index is -0.595. The van der Waals surface area contributed by atoms with E-state index in [-0.39, 0.29) is 11.9 Å². The molecule has 0 aromatic heterocycles. The van der Waals surface area contributed by atoms with Crippen LogP contribution in [0.2, 0.25) is 0 Å². The van der Waals surface area contributed by atoms with Gasteiger partial charge in [0.1, 0.15) is 11.4 Å². The molecule has 122 valence electrons. The quantitative estimate of drug-likeness (QED) is 0.808.